The van der Waals surface area contributed by atoms with Crippen LogP contribution in [0, 0.1) is 0 Å². The molecule has 0 amide bonds. The zero-order valence-corrected chi connectivity index (χ0v) is 6.82. The van der Waals surface area contributed by atoms with Crippen molar-refractivity contribution >= 4 is 24.6 Å². The fraction of sp³-hybridized carbons (Fsp3) is 0. The normalized spacial score (nSPS) is 9.58. The van der Waals surface area contributed by atoms with E-state index in [0.29, 0.717) is 10.7 Å². The molecule has 0 atom stereocenters. The molecule has 0 saturated heterocycles. The van der Waals surface area contributed by atoms with Crippen LogP contribution in [0.2, 0.25) is 5.02 Å². The van der Waals surface area contributed by atoms with Gasteiger partial charge in [0.05, 0.1) is 5.69 Å². The minimum Gasteiger partial charge on any atom is -0.510 e. The van der Waals surface area contributed by atoms with Gasteiger partial charge in [-0.3, -0.25) is 0 Å². The lowest BCUT2D eigenvalue weighted by molar-refractivity contribution is 0.289. The van der Waals surface area contributed by atoms with Crippen LogP contribution in [0.3, 0.4) is 0 Å². The highest BCUT2D eigenvalue weighted by Crippen LogP contribution is 2.25. The van der Waals surface area contributed by atoms with Crippen LogP contribution in [-0.4, -0.2) is 17.4 Å². The van der Waals surface area contributed by atoms with Gasteiger partial charge in [-0.25, -0.2) is 0 Å². The van der Waals surface area contributed by atoms with Gasteiger partial charge >= 0.3 is 7.32 Å². The molecule has 6 heteroatoms. The van der Waals surface area contributed by atoms with E-state index >= 15 is 0 Å². The van der Waals surface area contributed by atoms with E-state index in [2.05, 4.69) is 4.65 Å². The molecule has 4 nitrogen and oxygen atoms in total. The van der Waals surface area contributed by atoms with Crippen LogP contribution in [0.25, 0.3) is 0 Å². The lowest BCUT2D eigenvalue weighted by atomic mass is 10.2. The summed E-state index contributed by atoms with van der Waals surface area (Å²) in [4.78, 5) is 0. The Balaban J connectivity index is 2.90. The molecule has 12 heavy (non-hydrogen) atoms. The van der Waals surface area contributed by atoms with E-state index in [-0.39, 0.29) is 5.75 Å². The predicted molar refractivity (Wildman–Crippen MR) is 46.7 cm³/mol. The monoisotopic (exact) mass is 187 g/mol. The molecule has 1 aromatic rings. The van der Waals surface area contributed by atoms with Gasteiger partial charge in [0.2, 0.25) is 0 Å². The number of hydrogen-bond donors (Lipinski definition) is 3. The van der Waals surface area contributed by atoms with Crippen LogP contribution in [0.1, 0.15) is 0 Å². The third-order valence-corrected chi connectivity index (χ3v) is 1.44. The van der Waals surface area contributed by atoms with Gasteiger partial charge in [-0.1, -0.05) is 11.6 Å². The fourth-order valence-electron chi connectivity index (χ4n) is 0.724. The SMILES string of the molecule is Nc1ccc(Cl)cc1OB(O)O. The maximum Gasteiger partial charge on any atom is 0.707 e. The molecule has 0 heterocycles. The van der Waals surface area contributed by atoms with Crippen molar-refractivity contribution in [3.05, 3.63) is 23.2 Å². The molecule has 64 valence electrons. The molecule has 1 aromatic carbocycles. The van der Waals surface area contributed by atoms with E-state index in [1.54, 1.807) is 6.07 Å². The molecule has 0 aliphatic carbocycles. The molecule has 0 aliphatic heterocycles. The van der Waals surface area contributed by atoms with E-state index in [9.17, 15) is 0 Å². The maximum atomic E-state index is 8.46. The van der Waals surface area contributed by atoms with Gasteiger partial charge < -0.3 is 20.4 Å². The quantitative estimate of drug-likeness (QED) is 0.459. The van der Waals surface area contributed by atoms with Gasteiger partial charge in [-0.2, -0.15) is 0 Å². The summed E-state index contributed by atoms with van der Waals surface area (Å²) >= 11 is 5.60. The summed E-state index contributed by atoms with van der Waals surface area (Å²) in [6, 6.07) is 4.49. The average Bonchev–Trinajstić information content (AvgIpc) is 1.96. The van der Waals surface area contributed by atoms with Gasteiger partial charge in [0.1, 0.15) is 5.75 Å². The smallest absolute Gasteiger partial charge is 0.510 e. The fourth-order valence-corrected chi connectivity index (χ4v) is 0.886. The Morgan fingerprint density at radius 2 is 2.08 bits per heavy atom. The average molecular weight is 187 g/mol. The van der Waals surface area contributed by atoms with Crippen molar-refractivity contribution in [2.75, 3.05) is 5.73 Å². The number of benzene rings is 1. The summed E-state index contributed by atoms with van der Waals surface area (Å²) in [7, 11) is -1.88. The molecule has 0 radical (unpaired) electrons. The summed E-state index contributed by atoms with van der Waals surface area (Å²) in [5.74, 6) is 0.150. The molecule has 0 aliphatic rings. The third kappa shape index (κ3) is 2.30. The first-order valence-electron chi connectivity index (χ1n) is 3.17. The second-order valence-electron chi connectivity index (χ2n) is 2.13. The molecule has 4 N–H and O–H groups in total. The van der Waals surface area contributed by atoms with Crippen molar-refractivity contribution in [1.82, 2.24) is 0 Å². The maximum absolute atomic E-state index is 8.46. The molecule has 1 rings (SSSR count). The largest absolute Gasteiger partial charge is 0.707 e. The molecule has 0 fully saturated rings. The van der Waals surface area contributed by atoms with Crippen LogP contribution >= 0.6 is 11.6 Å². The molecule has 0 spiro atoms. The van der Waals surface area contributed by atoms with Crippen molar-refractivity contribution in [2.45, 2.75) is 0 Å². The lowest BCUT2D eigenvalue weighted by Crippen LogP contribution is -2.21. The van der Waals surface area contributed by atoms with E-state index in [1.807, 2.05) is 0 Å². The molecule has 0 bridgehead atoms. The predicted octanol–water partition coefficient (Wildman–Crippen LogP) is 0.271. The van der Waals surface area contributed by atoms with Crippen LogP contribution in [-0.2, 0) is 0 Å². The summed E-state index contributed by atoms with van der Waals surface area (Å²) in [5, 5.41) is 17.3. The van der Waals surface area contributed by atoms with E-state index < -0.39 is 7.32 Å². The number of nitrogen functional groups attached to an aromatic ring is 1. The number of nitrogens with two attached hydrogens (primary N) is 1. The molecular formula is C6H7BClNO3. The van der Waals surface area contributed by atoms with Crippen LogP contribution in [0.5, 0.6) is 5.75 Å². The summed E-state index contributed by atoms with van der Waals surface area (Å²) in [5.41, 5.74) is 5.73. The van der Waals surface area contributed by atoms with E-state index in [4.69, 9.17) is 27.4 Å². The number of halogens is 1. The van der Waals surface area contributed by atoms with Crippen LogP contribution < -0.4 is 10.4 Å². The summed E-state index contributed by atoms with van der Waals surface area (Å²) < 4.78 is 4.53. The number of rotatable bonds is 2. The molecule has 0 unspecified atom stereocenters. The zero-order chi connectivity index (χ0) is 9.14. The van der Waals surface area contributed by atoms with Crippen LogP contribution in [0.15, 0.2) is 18.2 Å². The Labute approximate surface area is 74.7 Å². The Hall–Kier alpha value is -0.905. The van der Waals surface area contributed by atoms with Crippen molar-refractivity contribution in [3.8, 4) is 5.75 Å². The highest BCUT2D eigenvalue weighted by atomic mass is 35.5. The minimum absolute atomic E-state index is 0.150. The lowest BCUT2D eigenvalue weighted by Gasteiger charge is -2.07. The molecule has 0 saturated carbocycles. The number of anilines is 1. The second-order valence-corrected chi connectivity index (χ2v) is 2.56. The van der Waals surface area contributed by atoms with Gasteiger partial charge in [0, 0.05) is 5.02 Å². The Kier molecular flexibility index (Phi) is 2.81. The summed E-state index contributed by atoms with van der Waals surface area (Å²) in [6.45, 7) is 0. The van der Waals surface area contributed by atoms with Crippen molar-refractivity contribution in [3.63, 3.8) is 0 Å². The zero-order valence-electron chi connectivity index (χ0n) is 6.07. The Morgan fingerprint density at radius 1 is 1.42 bits per heavy atom. The van der Waals surface area contributed by atoms with Gasteiger partial charge in [0.15, 0.2) is 0 Å². The Morgan fingerprint density at radius 3 is 2.67 bits per heavy atom. The first kappa shape index (κ1) is 9.19. The number of hydrogen-bond acceptors (Lipinski definition) is 4. The van der Waals surface area contributed by atoms with Crippen molar-refractivity contribution < 1.29 is 14.7 Å². The Bertz CT molecular complexity index is 281. The first-order valence-corrected chi connectivity index (χ1v) is 3.55. The second kappa shape index (κ2) is 3.66. The molecular weight excluding hydrogens is 180 g/mol. The van der Waals surface area contributed by atoms with Crippen molar-refractivity contribution in [1.29, 1.82) is 0 Å². The van der Waals surface area contributed by atoms with Gasteiger partial charge in [-0.15, -0.1) is 0 Å². The standard InChI is InChI=1S/C6H7BClNO3/c8-4-1-2-5(9)6(3-4)12-7(10)11/h1-3,10-11H,9H2. The minimum atomic E-state index is -1.88. The van der Waals surface area contributed by atoms with E-state index in [1.165, 1.54) is 12.1 Å². The van der Waals surface area contributed by atoms with Crippen molar-refractivity contribution in [2.24, 2.45) is 0 Å². The highest BCUT2D eigenvalue weighted by molar-refractivity contribution is 6.34. The summed E-state index contributed by atoms with van der Waals surface area (Å²) in [6.07, 6.45) is 0. The topological polar surface area (TPSA) is 75.7 Å². The van der Waals surface area contributed by atoms with Gasteiger partial charge in [0.25, 0.3) is 0 Å². The highest BCUT2D eigenvalue weighted by Gasteiger charge is 2.13. The third-order valence-electron chi connectivity index (χ3n) is 1.21. The van der Waals surface area contributed by atoms with Gasteiger partial charge in [-0.05, 0) is 18.2 Å². The van der Waals surface area contributed by atoms with E-state index in [0.717, 1.165) is 0 Å². The molecule has 0 aromatic heterocycles. The van der Waals surface area contributed by atoms with Crippen LogP contribution in [0.4, 0.5) is 5.69 Å². The first-order chi connectivity index (χ1) is 5.59.